The fourth-order valence-corrected chi connectivity index (χ4v) is 3.73. The van der Waals surface area contributed by atoms with E-state index in [0.29, 0.717) is 11.5 Å². The van der Waals surface area contributed by atoms with Gasteiger partial charge >= 0.3 is 5.97 Å². The second kappa shape index (κ2) is 7.94. The summed E-state index contributed by atoms with van der Waals surface area (Å²) in [5, 5.41) is 0. The van der Waals surface area contributed by atoms with Gasteiger partial charge in [0.25, 0.3) is 0 Å². The minimum atomic E-state index is -0.311. The standard InChI is InChI=1S/C21H27NO4/c1-4-8-15-13-17-16(21(24)26-14(2)3)9-5-6-11-22(17)19(15)20(23)18-10-7-12-25-18/h7,10,12-14,16H,4-6,8-9,11H2,1-3H3. The summed E-state index contributed by atoms with van der Waals surface area (Å²) in [4.78, 5) is 25.7. The number of rotatable bonds is 6. The Kier molecular flexibility index (Phi) is 5.64. The van der Waals surface area contributed by atoms with Gasteiger partial charge in [0, 0.05) is 12.2 Å². The van der Waals surface area contributed by atoms with Crippen molar-refractivity contribution in [3.63, 3.8) is 0 Å². The van der Waals surface area contributed by atoms with E-state index < -0.39 is 0 Å². The molecule has 3 rings (SSSR count). The molecule has 0 radical (unpaired) electrons. The SMILES string of the molecule is CCCc1cc2n(c1C(=O)c1ccco1)CCCCC2C(=O)OC(C)C. The zero-order valence-electron chi connectivity index (χ0n) is 15.8. The predicted molar refractivity (Wildman–Crippen MR) is 98.4 cm³/mol. The number of carbonyl (C=O) groups excluding carboxylic acids is 2. The van der Waals surface area contributed by atoms with E-state index in [1.165, 1.54) is 6.26 Å². The highest BCUT2D eigenvalue weighted by Gasteiger charge is 2.32. The lowest BCUT2D eigenvalue weighted by Gasteiger charge is -2.17. The second-order valence-electron chi connectivity index (χ2n) is 7.19. The number of aryl methyl sites for hydroxylation is 1. The van der Waals surface area contributed by atoms with Gasteiger partial charge < -0.3 is 13.7 Å². The van der Waals surface area contributed by atoms with Gasteiger partial charge in [0.05, 0.1) is 24.0 Å². The number of ketones is 1. The average Bonchev–Trinajstić information content (AvgIpc) is 3.18. The van der Waals surface area contributed by atoms with Crippen LogP contribution in [0.5, 0.6) is 0 Å². The van der Waals surface area contributed by atoms with Gasteiger partial charge in [0.2, 0.25) is 5.78 Å². The number of esters is 1. The summed E-state index contributed by atoms with van der Waals surface area (Å²) in [5.74, 6) is -0.272. The van der Waals surface area contributed by atoms with Crippen molar-refractivity contribution in [2.75, 3.05) is 0 Å². The van der Waals surface area contributed by atoms with E-state index in [2.05, 4.69) is 6.92 Å². The summed E-state index contributed by atoms with van der Waals surface area (Å²) in [6.45, 7) is 6.56. The number of carbonyl (C=O) groups is 2. The Bertz CT molecular complexity index is 770. The van der Waals surface area contributed by atoms with Crippen molar-refractivity contribution < 1.29 is 18.7 Å². The van der Waals surface area contributed by atoms with Gasteiger partial charge in [0.15, 0.2) is 5.76 Å². The molecule has 0 bridgehead atoms. The van der Waals surface area contributed by atoms with Crippen LogP contribution in [0.15, 0.2) is 28.9 Å². The molecular formula is C21H27NO4. The predicted octanol–water partition coefficient (Wildman–Crippen LogP) is 4.48. The van der Waals surface area contributed by atoms with Crippen LogP contribution in [0.25, 0.3) is 0 Å². The van der Waals surface area contributed by atoms with Gasteiger partial charge in [-0.1, -0.05) is 19.8 Å². The maximum absolute atomic E-state index is 13.1. The zero-order valence-corrected chi connectivity index (χ0v) is 15.8. The quantitative estimate of drug-likeness (QED) is 0.565. The molecule has 3 heterocycles. The number of furan rings is 1. The number of hydrogen-bond donors (Lipinski definition) is 0. The first-order valence-corrected chi connectivity index (χ1v) is 9.53. The van der Waals surface area contributed by atoms with E-state index in [-0.39, 0.29) is 23.8 Å². The summed E-state index contributed by atoms with van der Waals surface area (Å²) in [7, 11) is 0. The van der Waals surface area contributed by atoms with Gasteiger partial charge in [-0.05, 0) is 56.9 Å². The Morgan fingerprint density at radius 1 is 1.35 bits per heavy atom. The van der Waals surface area contributed by atoms with Gasteiger partial charge in [0.1, 0.15) is 0 Å². The van der Waals surface area contributed by atoms with Crippen LogP contribution in [0.3, 0.4) is 0 Å². The first kappa shape index (κ1) is 18.5. The van der Waals surface area contributed by atoms with E-state index in [1.807, 2.05) is 24.5 Å². The van der Waals surface area contributed by atoms with Crippen LogP contribution in [0.2, 0.25) is 0 Å². The van der Waals surface area contributed by atoms with E-state index in [1.54, 1.807) is 12.1 Å². The Hall–Kier alpha value is -2.30. The molecule has 0 aromatic carbocycles. The average molecular weight is 357 g/mol. The Morgan fingerprint density at radius 2 is 2.15 bits per heavy atom. The zero-order chi connectivity index (χ0) is 18.7. The van der Waals surface area contributed by atoms with Crippen molar-refractivity contribution in [2.24, 2.45) is 0 Å². The van der Waals surface area contributed by atoms with Crippen LogP contribution in [-0.2, 0) is 22.5 Å². The lowest BCUT2D eigenvalue weighted by Crippen LogP contribution is -2.21. The second-order valence-corrected chi connectivity index (χ2v) is 7.19. The molecule has 5 heteroatoms. The lowest BCUT2D eigenvalue weighted by molar-refractivity contribution is -0.149. The first-order valence-electron chi connectivity index (χ1n) is 9.53. The highest BCUT2D eigenvalue weighted by atomic mass is 16.5. The fraction of sp³-hybridized carbons (Fsp3) is 0.524. The normalized spacial score (nSPS) is 17.0. The summed E-state index contributed by atoms with van der Waals surface area (Å²) < 4.78 is 12.9. The number of fused-ring (bicyclic) bond motifs is 1. The molecule has 0 amide bonds. The molecule has 0 saturated heterocycles. The van der Waals surface area contributed by atoms with Crippen LogP contribution < -0.4 is 0 Å². The molecule has 1 aliphatic rings. The number of ether oxygens (including phenoxy) is 1. The van der Waals surface area contributed by atoms with E-state index in [4.69, 9.17) is 9.15 Å². The lowest BCUT2D eigenvalue weighted by atomic mass is 9.98. The summed E-state index contributed by atoms with van der Waals surface area (Å²) in [6, 6.07) is 5.46. The molecule has 5 nitrogen and oxygen atoms in total. The Labute approximate surface area is 154 Å². The van der Waals surface area contributed by atoms with Crippen molar-refractivity contribution in [1.29, 1.82) is 0 Å². The summed E-state index contributed by atoms with van der Waals surface area (Å²) >= 11 is 0. The highest BCUT2D eigenvalue weighted by Crippen LogP contribution is 2.33. The summed E-state index contributed by atoms with van der Waals surface area (Å²) in [6.07, 6.45) is 5.75. The molecule has 0 N–H and O–H groups in total. The molecule has 1 atom stereocenters. The monoisotopic (exact) mass is 357 g/mol. The minimum absolute atomic E-state index is 0.109. The molecule has 0 spiro atoms. The number of nitrogens with zero attached hydrogens (tertiary/aromatic N) is 1. The molecule has 1 aliphatic heterocycles. The summed E-state index contributed by atoms with van der Waals surface area (Å²) in [5.41, 5.74) is 2.57. The van der Waals surface area contributed by atoms with E-state index >= 15 is 0 Å². The highest BCUT2D eigenvalue weighted by molar-refractivity contribution is 6.07. The largest absolute Gasteiger partial charge is 0.462 e. The molecule has 0 aliphatic carbocycles. The van der Waals surface area contributed by atoms with E-state index in [0.717, 1.165) is 49.9 Å². The molecule has 2 aromatic heterocycles. The molecule has 140 valence electrons. The molecule has 1 unspecified atom stereocenters. The fourth-order valence-electron chi connectivity index (χ4n) is 3.73. The van der Waals surface area contributed by atoms with Crippen molar-refractivity contribution in [3.8, 4) is 0 Å². The molecular weight excluding hydrogens is 330 g/mol. The first-order chi connectivity index (χ1) is 12.5. The minimum Gasteiger partial charge on any atom is -0.462 e. The van der Waals surface area contributed by atoms with E-state index in [9.17, 15) is 9.59 Å². The van der Waals surface area contributed by atoms with Crippen molar-refractivity contribution in [3.05, 3.63) is 47.2 Å². The van der Waals surface area contributed by atoms with Crippen molar-refractivity contribution >= 4 is 11.8 Å². The number of aromatic nitrogens is 1. The van der Waals surface area contributed by atoms with Crippen molar-refractivity contribution in [2.45, 2.75) is 71.4 Å². The van der Waals surface area contributed by atoms with Gasteiger partial charge in [-0.15, -0.1) is 0 Å². The molecule has 2 aromatic rings. The van der Waals surface area contributed by atoms with Gasteiger partial charge in [-0.2, -0.15) is 0 Å². The maximum atomic E-state index is 13.1. The molecule has 26 heavy (non-hydrogen) atoms. The smallest absolute Gasteiger partial charge is 0.315 e. The van der Waals surface area contributed by atoms with Crippen LogP contribution >= 0.6 is 0 Å². The van der Waals surface area contributed by atoms with Crippen LogP contribution in [0.1, 0.15) is 79.9 Å². The Morgan fingerprint density at radius 3 is 2.81 bits per heavy atom. The third-order valence-electron chi connectivity index (χ3n) is 4.81. The van der Waals surface area contributed by atoms with Crippen LogP contribution in [0, 0.1) is 0 Å². The van der Waals surface area contributed by atoms with Crippen molar-refractivity contribution in [1.82, 2.24) is 4.57 Å². The topological polar surface area (TPSA) is 61.4 Å². The van der Waals surface area contributed by atoms with Gasteiger partial charge in [-0.3, -0.25) is 9.59 Å². The third-order valence-corrected chi connectivity index (χ3v) is 4.81. The number of hydrogen-bond acceptors (Lipinski definition) is 4. The van der Waals surface area contributed by atoms with Gasteiger partial charge in [-0.25, -0.2) is 0 Å². The van der Waals surface area contributed by atoms with Crippen LogP contribution in [0.4, 0.5) is 0 Å². The maximum Gasteiger partial charge on any atom is 0.315 e. The third kappa shape index (κ3) is 3.62. The van der Waals surface area contributed by atoms with Crippen LogP contribution in [-0.4, -0.2) is 22.4 Å². The molecule has 0 saturated carbocycles. The molecule has 0 fully saturated rings. The Balaban J connectivity index is 2.07.